The summed E-state index contributed by atoms with van der Waals surface area (Å²) in [4.78, 5) is 0. The maximum Gasteiger partial charge on any atom is 0.0650 e. The number of nitrogens with zero attached hydrogens (tertiary/aromatic N) is 2. The summed E-state index contributed by atoms with van der Waals surface area (Å²) in [6.07, 6.45) is 4.64. The van der Waals surface area contributed by atoms with Crippen molar-refractivity contribution in [2.75, 3.05) is 0 Å². The van der Waals surface area contributed by atoms with Crippen molar-refractivity contribution >= 4 is 0 Å². The van der Waals surface area contributed by atoms with Gasteiger partial charge in [0.1, 0.15) is 0 Å². The molecule has 3 nitrogen and oxygen atoms in total. The van der Waals surface area contributed by atoms with Gasteiger partial charge in [0.05, 0.1) is 17.8 Å². The Morgan fingerprint density at radius 3 is 2.20 bits per heavy atom. The summed E-state index contributed by atoms with van der Waals surface area (Å²) >= 11 is 0. The molecule has 1 aromatic heterocycles. The van der Waals surface area contributed by atoms with Crippen molar-refractivity contribution in [1.82, 2.24) is 9.78 Å². The largest absolute Gasteiger partial charge is 0.392 e. The monoisotopic (exact) mass is 278 g/mol. The van der Waals surface area contributed by atoms with Gasteiger partial charge in [-0.25, -0.2) is 0 Å². The second kappa shape index (κ2) is 5.18. The molecule has 0 bridgehead atoms. The van der Waals surface area contributed by atoms with Gasteiger partial charge < -0.3 is 5.11 Å². The van der Waals surface area contributed by atoms with Gasteiger partial charge in [-0.3, -0.25) is 4.68 Å². The number of hydrogen-bond acceptors (Lipinski definition) is 2. The topological polar surface area (TPSA) is 38.0 Å². The van der Waals surface area contributed by atoms with E-state index in [9.17, 15) is 5.11 Å². The summed E-state index contributed by atoms with van der Waals surface area (Å²) in [5.74, 6) is 0.369. The van der Waals surface area contributed by atoms with E-state index in [2.05, 4.69) is 63.6 Å². The van der Waals surface area contributed by atoms with Gasteiger partial charge in [0.2, 0.25) is 0 Å². The molecule has 0 amide bonds. The molecule has 0 aromatic carbocycles. The molecule has 0 spiro atoms. The Kier molecular flexibility index (Phi) is 4.03. The molecule has 1 N–H and O–H groups in total. The highest BCUT2D eigenvalue weighted by Gasteiger charge is 2.66. The second-order valence-corrected chi connectivity index (χ2v) is 7.45. The minimum Gasteiger partial charge on any atom is -0.392 e. The lowest BCUT2D eigenvalue weighted by molar-refractivity contribution is 0.128. The quantitative estimate of drug-likeness (QED) is 0.858. The van der Waals surface area contributed by atoms with Crippen LogP contribution in [0.1, 0.15) is 66.1 Å². The summed E-state index contributed by atoms with van der Waals surface area (Å²) in [7, 11) is 0. The summed E-state index contributed by atoms with van der Waals surface area (Å²) in [5, 5.41) is 15.2. The lowest BCUT2D eigenvalue weighted by Crippen LogP contribution is -2.18. The molecule has 0 saturated heterocycles. The van der Waals surface area contributed by atoms with Gasteiger partial charge in [-0.2, -0.15) is 5.10 Å². The van der Waals surface area contributed by atoms with Crippen LogP contribution in [0.2, 0.25) is 0 Å². The minimum absolute atomic E-state index is 0.227. The van der Waals surface area contributed by atoms with Gasteiger partial charge in [-0.1, -0.05) is 41.5 Å². The third-order valence-electron chi connectivity index (χ3n) is 5.92. The summed E-state index contributed by atoms with van der Waals surface area (Å²) in [6.45, 7) is 13.4. The molecule has 114 valence electrons. The molecule has 1 aromatic rings. The highest BCUT2D eigenvalue weighted by molar-refractivity contribution is 5.16. The van der Waals surface area contributed by atoms with Crippen molar-refractivity contribution in [2.45, 2.75) is 73.0 Å². The molecule has 0 radical (unpaired) electrons. The highest BCUT2D eigenvalue weighted by Crippen LogP contribution is 2.69. The first-order valence-corrected chi connectivity index (χ1v) is 7.97. The van der Waals surface area contributed by atoms with E-state index >= 15 is 0 Å². The molecule has 2 rings (SSSR count). The smallest absolute Gasteiger partial charge is 0.0650 e. The molecule has 0 aliphatic heterocycles. The van der Waals surface area contributed by atoms with Gasteiger partial charge in [0.15, 0.2) is 0 Å². The average molecular weight is 278 g/mol. The van der Waals surface area contributed by atoms with Crippen molar-refractivity contribution in [2.24, 2.45) is 16.7 Å². The molecule has 1 aliphatic rings. The number of hydrogen-bond donors (Lipinski definition) is 1. The van der Waals surface area contributed by atoms with Crippen molar-refractivity contribution in [3.63, 3.8) is 0 Å². The van der Waals surface area contributed by atoms with E-state index in [0.29, 0.717) is 18.4 Å². The lowest BCUT2D eigenvalue weighted by Gasteiger charge is -2.13. The predicted molar refractivity (Wildman–Crippen MR) is 82.6 cm³/mol. The number of rotatable bonds is 6. The fraction of sp³-hybridized carbons (Fsp3) is 0.824. The molecule has 1 aliphatic carbocycles. The molecule has 1 heterocycles. The zero-order valence-corrected chi connectivity index (χ0v) is 13.8. The van der Waals surface area contributed by atoms with Crippen LogP contribution < -0.4 is 0 Å². The van der Waals surface area contributed by atoms with E-state index < -0.39 is 0 Å². The molecular weight excluding hydrogens is 248 g/mol. The van der Waals surface area contributed by atoms with E-state index in [4.69, 9.17) is 0 Å². The van der Waals surface area contributed by atoms with Gasteiger partial charge in [-0.05, 0) is 35.7 Å². The van der Waals surface area contributed by atoms with Crippen molar-refractivity contribution < 1.29 is 5.11 Å². The predicted octanol–water partition coefficient (Wildman–Crippen LogP) is 3.83. The van der Waals surface area contributed by atoms with Gasteiger partial charge in [0.25, 0.3) is 0 Å². The summed E-state index contributed by atoms with van der Waals surface area (Å²) in [6, 6.07) is 2.54. The Labute approximate surface area is 123 Å². The fourth-order valence-electron chi connectivity index (χ4n) is 3.89. The molecular formula is C17H30N2O. The Morgan fingerprint density at radius 2 is 1.75 bits per heavy atom. The standard InChI is InChI=1S/C17H30N2O/c1-7-13(8-2)19-10-9-12(18-19)11-14(20)15-16(3,4)17(15,5)6/h9-10,13-15,20H,7-8,11H2,1-6H3. The molecule has 1 atom stereocenters. The van der Waals surface area contributed by atoms with Gasteiger partial charge in [0, 0.05) is 12.6 Å². The highest BCUT2D eigenvalue weighted by atomic mass is 16.3. The van der Waals surface area contributed by atoms with Crippen LogP contribution in [0.25, 0.3) is 0 Å². The number of aliphatic hydroxyl groups is 1. The molecule has 1 fully saturated rings. The zero-order chi connectivity index (χ0) is 15.1. The van der Waals surface area contributed by atoms with E-state index in [1.807, 2.05) is 0 Å². The van der Waals surface area contributed by atoms with E-state index in [1.54, 1.807) is 0 Å². The second-order valence-electron chi connectivity index (χ2n) is 7.45. The van der Waals surface area contributed by atoms with Crippen LogP contribution in [0.15, 0.2) is 12.3 Å². The van der Waals surface area contributed by atoms with Crippen LogP contribution in [-0.2, 0) is 6.42 Å². The molecule has 1 unspecified atom stereocenters. The van der Waals surface area contributed by atoms with E-state index in [0.717, 1.165) is 18.5 Å². The van der Waals surface area contributed by atoms with Gasteiger partial charge >= 0.3 is 0 Å². The Bertz CT molecular complexity index is 443. The number of aliphatic hydroxyl groups excluding tert-OH is 1. The fourth-order valence-corrected chi connectivity index (χ4v) is 3.89. The first-order chi connectivity index (χ1) is 9.25. The first kappa shape index (κ1) is 15.6. The van der Waals surface area contributed by atoms with Crippen molar-refractivity contribution in [3.8, 4) is 0 Å². The van der Waals surface area contributed by atoms with Crippen LogP contribution in [0.3, 0.4) is 0 Å². The summed E-state index contributed by atoms with van der Waals surface area (Å²) < 4.78 is 2.06. The SMILES string of the molecule is CCC(CC)n1ccc(CC(O)C2C(C)(C)C2(C)C)n1. The third-order valence-corrected chi connectivity index (χ3v) is 5.92. The van der Waals surface area contributed by atoms with E-state index in [-0.39, 0.29) is 16.9 Å². The van der Waals surface area contributed by atoms with Crippen LogP contribution in [0.4, 0.5) is 0 Å². The maximum atomic E-state index is 10.5. The normalized spacial score (nSPS) is 22.2. The average Bonchev–Trinajstić information content (AvgIpc) is 2.68. The Morgan fingerprint density at radius 1 is 1.20 bits per heavy atom. The van der Waals surface area contributed by atoms with Crippen LogP contribution >= 0.6 is 0 Å². The number of aromatic nitrogens is 2. The Hall–Kier alpha value is -0.830. The molecule has 20 heavy (non-hydrogen) atoms. The zero-order valence-electron chi connectivity index (χ0n) is 13.8. The lowest BCUT2D eigenvalue weighted by atomic mass is 10.0. The van der Waals surface area contributed by atoms with Crippen LogP contribution in [0, 0.1) is 16.7 Å². The maximum absolute atomic E-state index is 10.5. The minimum atomic E-state index is -0.287. The van der Waals surface area contributed by atoms with Crippen LogP contribution in [-0.4, -0.2) is 21.0 Å². The Balaban J connectivity index is 2.01. The van der Waals surface area contributed by atoms with Crippen molar-refractivity contribution in [1.29, 1.82) is 0 Å². The van der Waals surface area contributed by atoms with Crippen LogP contribution in [0.5, 0.6) is 0 Å². The molecule has 1 saturated carbocycles. The molecule has 3 heteroatoms. The van der Waals surface area contributed by atoms with E-state index in [1.165, 1.54) is 0 Å². The third kappa shape index (κ3) is 2.41. The summed E-state index contributed by atoms with van der Waals surface area (Å²) in [5.41, 5.74) is 1.47. The van der Waals surface area contributed by atoms with Crippen molar-refractivity contribution in [3.05, 3.63) is 18.0 Å². The first-order valence-electron chi connectivity index (χ1n) is 7.97. The van der Waals surface area contributed by atoms with Gasteiger partial charge in [-0.15, -0.1) is 0 Å².